The number of fused-ring (bicyclic) bond motifs is 1. The Labute approximate surface area is 115 Å². The zero-order valence-corrected chi connectivity index (χ0v) is 11.3. The minimum Gasteiger partial charge on any atom is -0.399 e. The van der Waals surface area contributed by atoms with E-state index in [2.05, 4.69) is 16.0 Å². The van der Waals surface area contributed by atoms with Crippen molar-refractivity contribution >= 4 is 28.4 Å². The van der Waals surface area contributed by atoms with Gasteiger partial charge in [0.05, 0.1) is 5.52 Å². The van der Waals surface area contributed by atoms with E-state index in [-0.39, 0.29) is 0 Å². The van der Waals surface area contributed by atoms with Gasteiger partial charge < -0.3 is 5.73 Å². The molecular formula is C15H13N3S. The van der Waals surface area contributed by atoms with Crippen LogP contribution in [-0.2, 0) is 0 Å². The second kappa shape index (κ2) is 4.90. The van der Waals surface area contributed by atoms with Gasteiger partial charge in [-0.05, 0) is 36.8 Å². The second-order valence-corrected chi connectivity index (χ2v) is 5.38. The summed E-state index contributed by atoms with van der Waals surface area (Å²) in [5.41, 5.74) is 8.71. The lowest BCUT2D eigenvalue weighted by Crippen LogP contribution is -1.90. The molecule has 1 aromatic heterocycles. The summed E-state index contributed by atoms with van der Waals surface area (Å²) in [6, 6.07) is 14.1. The molecule has 0 fully saturated rings. The van der Waals surface area contributed by atoms with Crippen molar-refractivity contribution < 1.29 is 0 Å². The van der Waals surface area contributed by atoms with Crippen molar-refractivity contribution in [3.8, 4) is 0 Å². The predicted molar refractivity (Wildman–Crippen MR) is 79.3 cm³/mol. The van der Waals surface area contributed by atoms with Crippen molar-refractivity contribution in [3.63, 3.8) is 0 Å². The van der Waals surface area contributed by atoms with Crippen molar-refractivity contribution in [1.29, 1.82) is 0 Å². The van der Waals surface area contributed by atoms with Gasteiger partial charge in [0.25, 0.3) is 0 Å². The molecule has 0 spiro atoms. The van der Waals surface area contributed by atoms with Crippen molar-refractivity contribution in [2.45, 2.75) is 16.8 Å². The van der Waals surface area contributed by atoms with Gasteiger partial charge in [0, 0.05) is 16.0 Å². The number of aromatic nitrogens is 2. The van der Waals surface area contributed by atoms with Gasteiger partial charge in [-0.15, -0.1) is 0 Å². The van der Waals surface area contributed by atoms with Gasteiger partial charge in [-0.1, -0.05) is 30.0 Å². The molecule has 0 bridgehead atoms. The monoisotopic (exact) mass is 267 g/mol. The highest BCUT2D eigenvalue weighted by Crippen LogP contribution is 2.32. The first-order valence-electron chi connectivity index (χ1n) is 5.98. The van der Waals surface area contributed by atoms with Crippen molar-refractivity contribution in [2.24, 2.45) is 0 Å². The van der Waals surface area contributed by atoms with E-state index in [1.165, 1.54) is 0 Å². The van der Waals surface area contributed by atoms with Crippen LogP contribution in [0.5, 0.6) is 0 Å². The highest BCUT2D eigenvalue weighted by atomic mass is 32.2. The Morgan fingerprint density at radius 3 is 2.74 bits per heavy atom. The quantitative estimate of drug-likeness (QED) is 0.568. The summed E-state index contributed by atoms with van der Waals surface area (Å²) < 4.78 is 0. The summed E-state index contributed by atoms with van der Waals surface area (Å²) in [4.78, 5) is 9.78. The third kappa shape index (κ3) is 2.39. The van der Waals surface area contributed by atoms with Crippen LogP contribution in [0.1, 0.15) is 5.56 Å². The van der Waals surface area contributed by atoms with Crippen LogP contribution in [0.25, 0.3) is 10.9 Å². The Kier molecular flexibility index (Phi) is 3.09. The lowest BCUT2D eigenvalue weighted by molar-refractivity contribution is 1.10. The normalized spacial score (nSPS) is 10.8. The topological polar surface area (TPSA) is 51.8 Å². The van der Waals surface area contributed by atoms with Crippen molar-refractivity contribution in [1.82, 2.24) is 9.97 Å². The van der Waals surface area contributed by atoms with E-state index in [9.17, 15) is 0 Å². The summed E-state index contributed by atoms with van der Waals surface area (Å²) in [6.45, 7) is 2.01. The van der Waals surface area contributed by atoms with Crippen LogP contribution in [0.2, 0.25) is 0 Å². The van der Waals surface area contributed by atoms with Crippen LogP contribution in [0.3, 0.4) is 0 Å². The fraction of sp³-hybridized carbons (Fsp3) is 0.0667. The number of nitrogens with two attached hydrogens (primary N) is 1. The van der Waals surface area contributed by atoms with E-state index in [0.29, 0.717) is 0 Å². The van der Waals surface area contributed by atoms with Gasteiger partial charge in [-0.3, -0.25) is 0 Å². The fourth-order valence-corrected chi connectivity index (χ4v) is 2.86. The molecule has 3 rings (SSSR count). The van der Waals surface area contributed by atoms with E-state index in [1.807, 2.05) is 43.3 Å². The third-order valence-corrected chi connectivity index (χ3v) is 3.97. The van der Waals surface area contributed by atoms with Gasteiger partial charge in [-0.25, -0.2) is 9.97 Å². The van der Waals surface area contributed by atoms with Gasteiger partial charge in [0.2, 0.25) is 0 Å². The molecule has 0 aliphatic heterocycles. The summed E-state index contributed by atoms with van der Waals surface area (Å²) in [6.07, 6.45) is 1.61. The van der Waals surface area contributed by atoms with Crippen LogP contribution < -0.4 is 5.73 Å². The predicted octanol–water partition coefficient (Wildman–Crippen LogP) is 3.67. The van der Waals surface area contributed by atoms with E-state index in [4.69, 9.17) is 5.73 Å². The van der Waals surface area contributed by atoms with Crippen LogP contribution in [0, 0.1) is 6.92 Å². The number of nitrogens with zero attached hydrogens (tertiary/aromatic N) is 2. The smallest absolute Gasteiger partial charge is 0.117 e. The largest absolute Gasteiger partial charge is 0.399 e. The lowest BCUT2D eigenvalue weighted by atomic mass is 10.2. The average Bonchev–Trinajstić information content (AvgIpc) is 2.43. The fourth-order valence-electron chi connectivity index (χ4n) is 1.88. The molecule has 1 heterocycles. The molecule has 3 nitrogen and oxygen atoms in total. The molecule has 0 radical (unpaired) electrons. The van der Waals surface area contributed by atoms with Crippen LogP contribution in [0.4, 0.5) is 5.69 Å². The van der Waals surface area contributed by atoms with E-state index < -0.39 is 0 Å². The van der Waals surface area contributed by atoms with Crippen LogP contribution in [0.15, 0.2) is 58.7 Å². The molecule has 0 unspecified atom stereocenters. The molecule has 4 heteroatoms. The van der Waals surface area contributed by atoms with E-state index in [0.717, 1.165) is 32.1 Å². The molecule has 0 aliphatic rings. The Bertz CT molecular complexity index is 735. The van der Waals surface area contributed by atoms with Gasteiger partial charge in [-0.2, -0.15) is 0 Å². The van der Waals surface area contributed by atoms with Gasteiger partial charge in [0.1, 0.15) is 11.4 Å². The Morgan fingerprint density at radius 1 is 1.05 bits per heavy atom. The number of hydrogen-bond acceptors (Lipinski definition) is 4. The number of nitrogen functional groups attached to an aromatic ring is 1. The average molecular weight is 267 g/mol. The molecule has 0 aliphatic carbocycles. The molecule has 94 valence electrons. The first-order valence-corrected chi connectivity index (χ1v) is 6.79. The summed E-state index contributed by atoms with van der Waals surface area (Å²) in [5.74, 6) is 0. The highest BCUT2D eigenvalue weighted by Gasteiger charge is 2.06. The number of rotatable bonds is 2. The molecule has 0 amide bonds. The number of para-hydroxylation sites is 1. The van der Waals surface area contributed by atoms with E-state index in [1.54, 1.807) is 18.1 Å². The summed E-state index contributed by atoms with van der Waals surface area (Å²) >= 11 is 1.63. The zero-order valence-electron chi connectivity index (χ0n) is 10.5. The van der Waals surface area contributed by atoms with Gasteiger partial charge >= 0.3 is 0 Å². The van der Waals surface area contributed by atoms with Crippen LogP contribution >= 0.6 is 11.8 Å². The molecule has 2 aromatic carbocycles. The van der Waals surface area contributed by atoms with Gasteiger partial charge in [0.15, 0.2) is 0 Å². The maximum absolute atomic E-state index is 5.84. The Hall–Kier alpha value is -2.07. The summed E-state index contributed by atoms with van der Waals surface area (Å²) in [7, 11) is 0. The molecule has 19 heavy (non-hydrogen) atoms. The maximum Gasteiger partial charge on any atom is 0.117 e. The first kappa shape index (κ1) is 12.0. The minimum atomic E-state index is 0.817. The first-order chi connectivity index (χ1) is 9.24. The SMILES string of the molecule is Cc1cc(Sc2ncnc3ccccc23)ccc1N. The molecule has 0 saturated carbocycles. The second-order valence-electron chi connectivity index (χ2n) is 4.32. The summed E-state index contributed by atoms with van der Waals surface area (Å²) in [5, 5.41) is 2.04. The van der Waals surface area contributed by atoms with Crippen molar-refractivity contribution in [2.75, 3.05) is 5.73 Å². The van der Waals surface area contributed by atoms with Crippen molar-refractivity contribution in [3.05, 3.63) is 54.4 Å². The number of anilines is 1. The zero-order chi connectivity index (χ0) is 13.2. The molecule has 0 saturated heterocycles. The molecule has 0 atom stereocenters. The lowest BCUT2D eigenvalue weighted by Gasteiger charge is -2.06. The molecule has 2 N–H and O–H groups in total. The highest BCUT2D eigenvalue weighted by molar-refractivity contribution is 7.99. The van der Waals surface area contributed by atoms with E-state index >= 15 is 0 Å². The minimum absolute atomic E-state index is 0.817. The van der Waals surface area contributed by atoms with Crippen LogP contribution in [-0.4, -0.2) is 9.97 Å². The molecule has 3 aromatic rings. The molecular weight excluding hydrogens is 254 g/mol. The Balaban J connectivity index is 2.03. The number of aryl methyl sites for hydroxylation is 1. The third-order valence-electron chi connectivity index (χ3n) is 2.96. The number of benzene rings is 2. The number of hydrogen-bond donors (Lipinski definition) is 1. The maximum atomic E-state index is 5.84. The standard InChI is InChI=1S/C15H13N3S/c1-10-8-11(6-7-13(10)16)19-15-12-4-2-3-5-14(12)17-9-18-15/h2-9H,16H2,1H3. The Morgan fingerprint density at radius 2 is 1.89 bits per heavy atom.